The average Bonchev–Trinajstić information content (AvgIpc) is 2.76. The van der Waals surface area contributed by atoms with E-state index in [4.69, 9.17) is 14.6 Å². The van der Waals surface area contributed by atoms with Gasteiger partial charge in [-0.2, -0.15) is 0 Å². The maximum Gasteiger partial charge on any atom is 0.341 e. The topological polar surface area (TPSA) is 76.1 Å². The number of piperidine rings is 1. The first-order chi connectivity index (χ1) is 14.1. The highest BCUT2D eigenvalue weighted by Gasteiger charge is 2.12. The zero-order chi connectivity index (χ0) is 20.6. The van der Waals surface area contributed by atoms with Crippen molar-refractivity contribution in [3.05, 3.63) is 59.7 Å². The summed E-state index contributed by atoms with van der Waals surface area (Å²) < 4.78 is 10.4. The maximum atomic E-state index is 12.5. The Hall–Kier alpha value is -3.28. The Bertz CT molecular complexity index is 883. The van der Waals surface area contributed by atoms with Crippen LogP contribution in [0.25, 0.3) is 6.08 Å². The van der Waals surface area contributed by atoms with E-state index in [-0.39, 0.29) is 11.5 Å². The molecule has 0 spiro atoms. The first-order valence-electron chi connectivity index (χ1n) is 9.67. The Balaban J connectivity index is 1.65. The van der Waals surface area contributed by atoms with Crippen LogP contribution in [0.3, 0.4) is 0 Å². The minimum atomic E-state index is -1.08. The third-order valence-electron chi connectivity index (χ3n) is 4.84. The minimum absolute atomic E-state index is 0.173. The highest BCUT2D eigenvalue weighted by molar-refractivity contribution is 6.07. The molecule has 1 aliphatic heterocycles. The van der Waals surface area contributed by atoms with E-state index in [1.54, 1.807) is 18.2 Å². The molecule has 0 unspecified atom stereocenters. The number of hydrogen-bond donors (Lipinski definition) is 1. The van der Waals surface area contributed by atoms with Crippen LogP contribution in [0.15, 0.2) is 48.5 Å². The van der Waals surface area contributed by atoms with Crippen LogP contribution in [0.4, 0.5) is 5.69 Å². The summed E-state index contributed by atoms with van der Waals surface area (Å²) in [6, 6.07) is 12.9. The molecule has 6 nitrogen and oxygen atoms in total. The molecule has 1 fully saturated rings. The van der Waals surface area contributed by atoms with Crippen molar-refractivity contribution in [3.63, 3.8) is 0 Å². The van der Waals surface area contributed by atoms with Gasteiger partial charge < -0.3 is 19.5 Å². The van der Waals surface area contributed by atoms with Crippen LogP contribution in [0.2, 0.25) is 0 Å². The van der Waals surface area contributed by atoms with E-state index in [2.05, 4.69) is 17.0 Å². The van der Waals surface area contributed by atoms with Gasteiger partial charge in [0.1, 0.15) is 0 Å². The second kappa shape index (κ2) is 9.78. The molecule has 0 aliphatic carbocycles. The molecule has 0 atom stereocenters. The zero-order valence-corrected chi connectivity index (χ0v) is 16.5. The third kappa shape index (κ3) is 5.60. The molecule has 1 aliphatic rings. The van der Waals surface area contributed by atoms with Gasteiger partial charge >= 0.3 is 5.97 Å². The molecule has 0 bridgehead atoms. The van der Waals surface area contributed by atoms with E-state index in [0.717, 1.165) is 18.7 Å². The minimum Gasteiger partial charge on any atom is -0.493 e. The fraction of sp³-hybridized carbons (Fsp3) is 0.304. The van der Waals surface area contributed by atoms with Crippen LogP contribution in [-0.4, -0.2) is 43.7 Å². The average molecular weight is 395 g/mol. The number of anilines is 1. The number of carboxylic acid groups (broad SMARTS) is 1. The lowest BCUT2D eigenvalue weighted by Crippen LogP contribution is -2.29. The first-order valence-corrected chi connectivity index (χ1v) is 9.67. The number of methoxy groups -OCH3 is 1. The normalized spacial score (nSPS) is 14.0. The molecule has 0 radical (unpaired) electrons. The van der Waals surface area contributed by atoms with Gasteiger partial charge in [-0.1, -0.05) is 18.2 Å². The van der Waals surface area contributed by atoms with Crippen LogP contribution >= 0.6 is 0 Å². The van der Waals surface area contributed by atoms with Crippen LogP contribution in [-0.2, 0) is 4.79 Å². The summed E-state index contributed by atoms with van der Waals surface area (Å²) in [4.78, 5) is 25.5. The standard InChI is InChI=1S/C23H25NO5/c1-28-22-15-18(8-12-21(22)29-16-23(26)27)20(25)11-7-17-5-9-19(10-6-17)24-13-3-2-4-14-24/h5-12,15H,2-4,13-14,16H2,1H3,(H,26,27)/b11-7+. The number of hydrogen-bond acceptors (Lipinski definition) is 5. The van der Waals surface area contributed by atoms with E-state index in [9.17, 15) is 9.59 Å². The summed E-state index contributed by atoms with van der Waals surface area (Å²) in [6.45, 7) is 1.72. The Morgan fingerprint density at radius 1 is 1.03 bits per heavy atom. The molecule has 0 amide bonds. The lowest BCUT2D eigenvalue weighted by atomic mass is 10.1. The summed E-state index contributed by atoms with van der Waals surface area (Å²) in [6.07, 6.45) is 7.07. The molecular weight excluding hydrogens is 370 g/mol. The van der Waals surface area contributed by atoms with Gasteiger partial charge in [-0.25, -0.2) is 4.79 Å². The number of rotatable bonds is 8. The fourth-order valence-corrected chi connectivity index (χ4v) is 3.30. The number of aliphatic carboxylic acids is 1. The monoisotopic (exact) mass is 395 g/mol. The number of carbonyl (C=O) groups excluding carboxylic acids is 1. The van der Waals surface area contributed by atoms with Crippen molar-refractivity contribution in [2.45, 2.75) is 19.3 Å². The largest absolute Gasteiger partial charge is 0.493 e. The molecular formula is C23H25NO5. The Labute approximate surface area is 170 Å². The highest BCUT2D eigenvalue weighted by Crippen LogP contribution is 2.28. The molecule has 3 rings (SSSR count). The summed E-state index contributed by atoms with van der Waals surface area (Å²) in [5.41, 5.74) is 2.60. The van der Waals surface area contributed by atoms with Gasteiger partial charge in [0.2, 0.25) is 0 Å². The number of carboxylic acids is 1. The second-order valence-electron chi connectivity index (χ2n) is 6.88. The van der Waals surface area contributed by atoms with Crippen LogP contribution in [0, 0.1) is 0 Å². The van der Waals surface area contributed by atoms with Gasteiger partial charge in [0.05, 0.1) is 7.11 Å². The Kier molecular flexibility index (Phi) is 6.89. The van der Waals surface area contributed by atoms with Gasteiger partial charge in [-0.15, -0.1) is 0 Å². The maximum absolute atomic E-state index is 12.5. The van der Waals surface area contributed by atoms with Gasteiger partial charge in [0.15, 0.2) is 23.9 Å². The molecule has 29 heavy (non-hydrogen) atoms. The number of benzene rings is 2. The lowest BCUT2D eigenvalue weighted by Gasteiger charge is -2.28. The summed E-state index contributed by atoms with van der Waals surface area (Å²) in [7, 11) is 1.44. The van der Waals surface area contributed by atoms with E-state index < -0.39 is 12.6 Å². The number of nitrogens with zero attached hydrogens (tertiary/aromatic N) is 1. The Morgan fingerprint density at radius 3 is 2.41 bits per heavy atom. The van der Waals surface area contributed by atoms with Crippen LogP contribution in [0.5, 0.6) is 11.5 Å². The van der Waals surface area contributed by atoms with Gasteiger partial charge in [-0.3, -0.25) is 4.79 Å². The predicted octanol–water partition coefficient (Wildman–Crippen LogP) is 4.05. The number of ether oxygens (including phenoxy) is 2. The summed E-state index contributed by atoms with van der Waals surface area (Å²) in [5.74, 6) is -0.658. The van der Waals surface area contributed by atoms with Gasteiger partial charge in [-0.05, 0) is 61.2 Å². The van der Waals surface area contributed by atoms with E-state index in [1.165, 1.54) is 44.2 Å². The fourth-order valence-electron chi connectivity index (χ4n) is 3.30. The molecule has 0 saturated carbocycles. The molecule has 1 N–H and O–H groups in total. The molecule has 152 valence electrons. The van der Waals surface area contributed by atoms with Crippen molar-refractivity contribution >= 4 is 23.5 Å². The van der Waals surface area contributed by atoms with Crippen molar-refractivity contribution in [1.82, 2.24) is 0 Å². The zero-order valence-electron chi connectivity index (χ0n) is 16.5. The first kappa shape index (κ1) is 20.5. The lowest BCUT2D eigenvalue weighted by molar-refractivity contribution is -0.139. The van der Waals surface area contributed by atoms with Crippen molar-refractivity contribution in [2.24, 2.45) is 0 Å². The van der Waals surface area contributed by atoms with E-state index >= 15 is 0 Å². The molecule has 0 aromatic heterocycles. The van der Waals surface area contributed by atoms with Gasteiger partial charge in [0, 0.05) is 24.3 Å². The smallest absolute Gasteiger partial charge is 0.341 e. The Morgan fingerprint density at radius 2 is 1.76 bits per heavy atom. The summed E-state index contributed by atoms with van der Waals surface area (Å²) >= 11 is 0. The molecule has 2 aromatic carbocycles. The summed E-state index contributed by atoms with van der Waals surface area (Å²) in [5, 5.41) is 8.72. The third-order valence-corrected chi connectivity index (χ3v) is 4.84. The highest BCUT2D eigenvalue weighted by atomic mass is 16.5. The molecule has 1 saturated heterocycles. The van der Waals surface area contributed by atoms with Crippen molar-refractivity contribution < 1.29 is 24.2 Å². The number of allylic oxidation sites excluding steroid dienone is 1. The van der Waals surface area contributed by atoms with Crippen molar-refractivity contribution in [2.75, 3.05) is 31.7 Å². The molecule has 2 aromatic rings. The van der Waals surface area contributed by atoms with Gasteiger partial charge in [0.25, 0.3) is 0 Å². The second-order valence-corrected chi connectivity index (χ2v) is 6.88. The number of carbonyl (C=O) groups is 2. The van der Waals surface area contributed by atoms with Crippen LogP contribution in [0.1, 0.15) is 35.2 Å². The van der Waals surface area contributed by atoms with E-state index in [0.29, 0.717) is 11.3 Å². The molecule has 1 heterocycles. The number of ketones is 1. The quantitative estimate of drug-likeness (QED) is 0.537. The molecule has 6 heteroatoms. The predicted molar refractivity (Wildman–Crippen MR) is 112 cm³/mol. The SMILES string of the molecule is COc1cc(C(=O)/C=C/c2ccc(N3CCCCC3)cc2)ccc1OCC(=O)O. The van der Waals surface area contributed by atoms with E-state index in [1.807, 2.05) is 12.1 Å². The van der Waals surface area contributed by atoms with Crippen molar-refractivity contribution in [1.29, 1.82) is 0 Å². The van der Waals surface area contributed by atoms with Crippen LogP contribution < -0.4 is 14.4 Å². The van der Waals surface area contributed by atoms with Crippen molar-refractivity contribution in [3.8, 4) is 11.5 Å².